The van der Waals surface area contributed by atoms with Gasteiger partial charge in [0.1, 0.15) is 10.8 Å². The number of imidazole rings is 1. The van der Waals surface area contributed by atoms with Gasteiger partial charge >= 0.3 is 6.18 Å². The number of carbonyl (C=O) groups excluding carboxylic acids is 1. The molecule has 0 saturated heterocycles. The van der Waals surface area contributed by atoms with Gasteiger partial charge < -0.3 is 15.4 Å². The van der Waals surface area contributed by atoms with Crippen LogP contribution < -0.4 is 15.4 Å². The summed E-state index contributed by atoms with van der Waals surface area (Å²) in [6.45, 7) is 5.74. The van der Waals surface area contributed by atoms with Crippen molar-refractivity contribution in [2.24, 2.45) is 0 Å². The molecule has 1 fully saturated rings. The number of rotatable bonds is 10. The van der Waals surface area contributed by atoms with Gasteiger partial charge in [0.05, 0.1) is 36.0 Å². The predicted octanol–water partition coefficient (Wildman–Crippen LogP) is 7.24. The average Bonchev–Trinajstić information content (AvgIpc) is 3.62. The third kappa shape index (κ3) is 6.61. The van der Waals surface area contributed by atoms with Crippen LogP contribution in [-0.2, 0) is 0 Å². The molecular weight excluding hydrogens is 551 g/mol. The van der Waals surface area contributed by atoms with Gasteiger partial charge in [-0.15, -0.1) is 0 Å². The van der Waals surface area contributed by atoms with Crippen molar-refractivity contribution in [1.82, 2.24) is 19.9 Å². The highest BCUT2D eigenvalue weighted by molar-refractivity contribution is 7.99. The molecule has 0 aliphatic heterocycles. The number of benzene rings is 2. The Morgan fingerprint density at radius 2 is 1.98 bits per heavy atom. The van der Waals surface area contributed by atoms with Crippen LogP contribution in [-0.4, -0.2) is 46.4 Å². The topological polar surface area (TPSA) is 80.5 Å². The quantitative estimate of drug-likeness (QED) is 0.205. The summed E-state index contributed by atoms with van der Waals surface area (Å²) < 4.78 is 46.2. The lowest BCUT2D eigenvalue weighted by Crippen LogP contribution is -2.26. The summed E-state index contributed by atoms with van der Waals surface area (Å²) in [7, 11) is 1.62. The van der Waals surface area contributed by atoms with Gasteiger partial charge in [-0.25, -0.2) is 9.50 Å². The highest BCUT2D eigenvalue weighted by atomic mass is 32.2. The molecule has 0 radical (unpaired) electrons. The molecule has 2 aromatic heterocycles. The molecule has 7 nitrogen and oxygen atoms in total. The molecule has 1 saturated carbocycles. The van der Waals surface area contributed by atoms with Crippen LogP contribution in [0.3, 0.4) is 0 Å². The van der Waals surface area contributed by atoms with Gasteiger partial charge in [0.2, 0.25) is 0 Å². The van der Waals surface area contributed by atoms with Crippen molar-refractivity contribution < 1.29 is 22.7 Å². The first-order valence-corrected chi connectivity index (χ1v) is 14.3. The normalized spacial score (nSPS) is 13.6. The Bertz CT molecular complexity index is 1580. The molecular formula is C30H32F3N5O2S. The third-order valence-electron chi connectivity index (χ3n) is 6.90. The smallest absolute Gasteiger partial charge is 0.390 e. The van der Waals surface area contributed by atoms with Crippen molar-refractivity contribution in [2.45, 2.75) is 68.1 Å². The summed E-state index contributed by atoms with van der Waals surface area (Å²) >= 11 is 1.37. The van der Waals surface area contributed by atoms with Crippen molar-refractivity contribution in [3.8, 4) is 17.0 Å². The van der Waals surface area contributed by atoms with Crippen LogP contribution in [0.25, 0.3) is 16.9 Å². The van der Waals surface area contributed by atoms with E-state index in [9.17, 15) is 18.0 Å². The largest absolute Gasteiger partial charge is 0.495 e. The molecule has 1 amide bonds. The van der Waals surface area contributed by atoms with E-state index in [-0.39, 0.29) is 24.4 Å². The minimum absolute atomic E-state index is 0.0970. The van der Waals surface area contributed by atoms with Crippen LogP contribution in [0.4, 0.5) is 18.9 Å². The van der Waals surface area contributed by atoms with E-state index in [2.05, 4.69) is 29.5 Å². The van der Waals surface area contributed by atoms with Crippen LogP contribution in [0.5, 0.6) is 5.75 Å². The molecule has 2 N–H and O–H groups in total. The summed E-state index contributed by atoms with van der Waals surface area (Å²) in [5, 5.41) is 11.3. The number of aromatic nitrogens is 3. The lowest BCUT2D eigenvalue weighted by Gasteiger charge is -2.16. The number of amides is 1. The van der Waals surface area contributed by atoms with Crippen molar-refractivity contribution in [3.63, 3.8) is 0 Å². The second-order valence-corrected chi connectivity index (χ2v) is 11.5. The molecule has 1 aliphatic carbocycles. The molecule has 0 bridgehead atoms. The third-order valence-corrected chi connectivity index (χ3v) is 7.85. The molecule has 0 unspecified atom stereocenters. The molecule has 1 aliphatic rings. The van der Waals surface area contributed by atoms with Crippen LogP contribution in [0.2, 0.25) is 0 Å². The number of hydrogen-bond acceptors (Lipinski definition) is 6. The van der Waals surface area contributed by atoms with Gasteiger partial charge in [0, 0.05) is 23.7 Å². The summed E-state index contributed by atoms with van der Waals surface area (Å²) in [5.74, 6) is 0.876. The fourth-order valence-electron chi connectivity index (χ4n) is 4.63. The Labute approximate surface area is 240 Å². The molecule has 41 heavy (non-hydrogen) atoms. The van der Waals surface area contributed by atoms with E-state index in [1.54, 1.807) is 30.0 Å². The highest BCUT2D eigenvalue weighted by Crippen LogP contribution is 2.40. The monoisotopic (exact) mass is 583 g/mol. The Morgan fingerprint density at radius 1 is 1.20 bits per heavy atom. The van der Waals surface area contributed by atoms with Crippen molar-refractivity contribution >= 4 is 29.0 Å². The van der Waals surface area contributed by atoms with Crippen LogP contribution >= 0.6 is 11.8 Å². The maximum Gasteiger partial charge on any atom is 0.390 e. The van der Waals surface area contributed by atoms with Crippen molar-refractivity contribution in [3.05, 3.63) is 65.4 Å². The summed E-state index contributed by atoms with van der Waals surface area (Å²) in [6, 6.07) is 13.4. The number of alkyl halides is 3. The first-order valence-electron chi connectivity index (χ1n) is 13.5. The SMILES string of the molecule is COc1c(Sc2cc(NCCC(F)(F)F)c3ncc(-c4ccc(C(=O)NC5CC5)c(C)c4)n3n2)cccc1C(C)C. The molecule has 0 atom stereocenters. The molecule has 5 rings (SSSR count). The number of nitrogens with one attached hydrogen (secondary N) is 2. The number of hydrogen-bond donors (Lipinski definition) is 2. The van der Waals surface area contributed by atoms with Crippen LogP contribution in [0.1, 0.15) is 60.5 Å². The van der Waals surface area contributed by atoms with Gasteiger partial charge in [-0.2, -0.15) is 18.3 Å². The van der Waals surface area contributed by atoms with E-state index in [1.807, 2.05) is 37.3 Å². The fraction of sp³-hybridized carbons (Fsp3) is 0.367. The molecule has 4 aromatic rings. The van der Waals surface area contributed by atoms with Crippen molar-refractivity contribution in [1.29, 1.82) is 0 Å². The van der Waals surface area contributed by atoms with Crippen molar-refractivity contribution in [2.75, 3.05) is 19.0 Å². The minimum Gasteiger partial charge on any atom is -0.495 e. The zero-order valence-corrected chi connectivity index (χ0v) is 24.1. The number of anilines is 1. The predicted molar refractivity (Wildman–Crippen MR) is 154 cm³/mol. The molecule has 11 heteroatoms. The van der Waals surface area contributed by atoms with Gasteiger partial charge in [0.25, 0.3) is 5.91 Å². The lowest BCUT2D eigenvalue weighted by atomic mass is 10.0. The average molecular weight is 584 g/mol. The van der Waals surface area contributed by atoms with E-state index < -0.39 is 12.6 Å². The first-order chi connectivity index (χ1) is 19.5. The second-order valence-electron chi connectivity index (χ2n) is 10.5. The zero-order chi connectivity index (χ0) is 29.3. The molecule has 2 heterocycles. The maximum absolute atomic E-state index is 12.9. The Kier molecular flexibility index (Phi) is 8.17. The Balaban J connectivity index is 1.54. The number of para-hydroxylation sites is 1. The molecule has 2 aromatic carbocycles. The van der Waals surface area contributed by atoms with E-state index >= 15 is 0 Å². The summed E-state index contributed by atoms with van der Waals surface area (Å²) in [6.07, 6.45) is -1.62. The summed E-state index contributed by atoms with van der Waals surface area (Å²) in [5.41, 5.74) is 4.74. The number of methoxy groups -OCH3 is 1. The lowest BCUT2D eigenvalue weighted by molar-refractivity contribution is -0.131. The molecule has 0 spiro atoms. The number of ether oxygens (including phenoxy) is 1. The van der Waals surface area contributed by atoms with E-state index in [0.717, 1.165) is 40.2 Å². The number of nitrogens with zero attached hydrogens (tertiary/aromatic N) is 3. The molecule has 216 valence electrons. The van der Waals surface area contributed by atoms with E-state index in [1.165, 1.54) is 11.8 Å². The number of fused-ring (bicyclic) bond motifs is 1. The number of aryl methyl sites for hydroxylation is 1. The second kappa shape index (κ2) is 11.6. The maximum atomic E-state index is 12.9. The Hall–Kier alpha value is -3.73. The highest BCUT2D eigenvalue weighted by Gasteiger charge is 2.27. The first kappa shape index (κ1) is 28.8. The number of carbonyl (C=O) groups is 1. The standard InChI is InChI=1S/C30H32F3N5O2S/c1-17(2)21-6-5-7-25(27(21)40-4)41-26-15-23(34-13-12-30(31,32)33)28-35-16-24(38(28)37-26)19-8-11-22(18(3)14-19)29(39)36-20-9-10-20/h5-8,11,14-17,20,34H,9-10,12-13H2,1-4H3,(H,36,39). The minimum atomic E-state index is -4.29. The van der Waals surface area contributed by atoms with E-state index in [4.69, 9.17) is 9.84 Å². The van der Waals surface area contributed by atoms with Gasteiger partial charge in [-0.05, 0) is 61.1 Å². The van der Waals surface area contributed by atoms with Gasteiger partial charge in [-0.3, -0.25) is 4.79 Å². The van der Waals surface area contributed by atoms with E-state index in [0.29, 0.717) is 27.6 Å². The fourth-order valence-corrected chi connectivity index (χ4v) is 5.59. The van der Waals surface area contributed by atoms with Gasteiger partial charge in [-0.1, -0.05) is 43.8 Å². The Morgan fingerprint density at radius 3 is 2.63 bits per heavy atom. The van der Waals surface area contributed by atoms with Gasteiger partial charge in [0.15, 0.2) is 5.65 Å². The van der Waals surface area contributed by atoms with Crippen LogP contribution in [0.15, 0.2) is 58.6 Å². The number of halogens is 3. The summed E-state index contributed by atoms with van der Waals surface area (Å²) in [4.78, 5) is 18.0. The zero-order valence-electron chi connectivity index (χ0n) is 23.3. The van der Waals surface area contributed by atoms with Crippen LogP contribution in [0, 0.1) is 6.92 Å².